The van der Waals surface area contributed by atoms with Crippen molar-refractivity contribution in [3.05, 3.63) is 0 Å². The van der Waals surface area contributed by atoms with Crippen molar-refractivity contribution < 1.29 is 20.4 Å². The third-order valence-electron chi connectivity index (χ3n) is 5.03. The van der Waals surface area contributed by atoms with Crippen LogP contribution >= 0.6 is 23.5 Å². The van der Waals surface area contributed by atoms with Gasteiger partial charge in [-0.2, -0.15) is 0 Å². The zero-order valence-electron chi connectivity index (χ0n) is 18.0. The Kier molecular flexibility index (Phi) is 15.7. The quantitative estimate of drug-likeness (QED) is 0.192. The molecule has 0 fully saturated rings. The van der Waals surface area contributed by atoms with E-state index in [0.717, 1.165) is 37.2 Å². The summed E-state index contributed by atoms with van der Waals surface area (Å²) in [4.78, 5) is 0. The highest BCUT2D eigenvalue weighted by Crippen LogP contribution is 2.49. The summed E-state index contributed by atoms with van der Waals surface area (Å²) in [5.41, 5.74) is -1.29. The van der Waals surface area contributed by atoms with E-state index in [0.29, 0.717) is 11.8 Å². The Morgan fingerprint density at radius 3 is 1.30 bits per heavy atom. The summed E-state index contributed by atoms with van der Waals surface area (Å²) in [7, 11) is 0. The molecule has 0 spiro atoms. The van der Waals surface area contributed by atoms with Gasteiger partial charge < -0.3 is 20.4 Å². The van der Waals surface area contributed by atoms with Crippen LogP contribution in [0.1, 0.15) is 79.1 Å². The van der Waals surface area contributed by atoms with Gasteiger partial charge in [-0.25, -0.2) is 0 Å². The third-order valence-corrected chi connectivity index (χ3v) is 8.37. The second-order valence-corrected chi connectivity index (χ2v) is 11.4. The fourth-order valence-corrected chi connectivity index (χ4v) is 5.96. The molecule has 4 nitrogen and oxygen atoms in total. The van der Waals surface area contributed by atoms with Crippen LogP contribution in [0.25, 0.3) is 0 Å². The van der Waals surface area contributed by atoms with Gasteiger partial charge in [0.25, 0.3) is 0 Å². The molecule has 4 N–H and O–H groups in total. The second kappa shape index (κ2) is 15.4. The van der Waals surface area contributed by atoms with Crippen molar-refractivity contribution >= 4 is 23.5 Å². The van der Waals surface area contributed by atoms with Gasteiger partial charge in [0.2, 0.25) is 0 Å². The molecule has 0 aliphatic carbocycles. The molecule has 0 unspecified atom stereocenters. The van der Waals surface area contributed by atoms with E-state index >= 15 is 0 Å². The van der Waals surface area contributed by atoms with Crippen LogP contribution in [0.3, 0.4) is 0 Å². The van der Waals surface area contributed by atoms with Gasteiger partial charge in [-0.05, 0) is 36.2 Å². The number of unbranched alkanes of at least 4 members (excludes halogenated alkanes) is 4. The van der Waals surface area contributed by atoms with Crippen molar-refractivity contribution in [2.45, 2.75) is 83.3 Å². The van der Waals surface area contributed by atoms with E-state index < -0.39 is 29.5 Å². The van der Waals surface area contributed by atoms with Gasteiger partial charge >= 0.3 is 0 Å². The smallest absolute Gasteiger partial charge is 0.169 e. The highest BCUT2D eigenvalue weighted by Gasteiger charge is 2.50. The van der Waals surface area contributed by atoms with Crippen LogP contribution in [0.5, 0.6) is 0 Å². The first-order chi connectivity index (χ1) is 12.8. The summed E-state index contributed by atoms with van der Waals surface area (Å²) < 4.78 is -1.37. The molecular weight excluding hydrogens is 380 g/mol. The Morgan fingerprint density at radius 1 is 0.630 bits per heavy atom. The van der Waals surface area contributed by atoms with Crippen molar-refractivity contribution in [3.63, 3.8) is 0 Å². The molecule has 0 aromatic rings. The van der Waals surface area contributed by atoms with Gasteiger partial charge in [-0.15, -0.1) is 23.5 Å². The van der Waals surface area contributed by atoms with Crippen LogP contribution in [0.15, 0.2) is 0 Å². The van der Waals surface area contributed by atoms with Crippen LogP contribution in [0.2, 0.25) is 0 Å². The highest BCUT2D eigenvalue weighted by molar-refractivity contribution is 8.18. The summed E-state index contributed by atoms with van der Waals surface area (Å²) in [6, 6.07) is 0. The predicted molar refractivity (Wildman–Crippen MR) is 120 cm³/mol. The molecule has 0 aliphatic rings. The molecule has 27 heavy (non-hydrogen) atoms. The maximum absolute atomic E-state index is 11.3. The van der Waals surface area contributed by atoms with E-state index in [-0.39, 0.29) is 0 Å². The predicted octanol–water partition coefficient (Wildman–Crippen LogP) is 4.50. The molecule has 0 aromatic heterocycles. The molecule has 0 bridgehead atoms. The van der Waals surface area contributed by atoms with Gasteiger partial charge in [-0.1, -0.05) is 66.2 Å². The Morgan fingerprint density at radius 2 is 1.00 bits per heavy atom. The van der Waals surface area contributed by atoms with Gasteiger partial charge in [0.15, 0.2) is 4.27 Å². The van der Waals surface area contributed by atoms with Crippen LogP contribution in [0, 0.1) is 17.3 Å². The maximum atomic E-state index is 11.3. The SMILES string of the molecule is CC(C)CCCCCSC(O)(SCCCCCC(C)C)C(CO)(CO)CO. The molecule has 0 aliphatic heterocycles. The summed E-state index contributed by atoms with van der Waals surface area (Å²) in [5, 5.41) is 40.7. The number of aliphatic hydroxyl groups excluding tert-OH is 3. The zero-order chi connectivity index (χ0) is 20.8. The summed E-state index contributed by atoms with van der Waals surface area (Å²) in [5.74, 6) is 2.95. The first-order valence-electron chi connectivity index (χ1n) is 10.6. The third kappa shape index (κ3) is 10.8. The normalized spacial score (nSPS) is 13.1. The standard InChI is InChI=1S/C21H44O4S2/c1-18(2)11-7-5-9-13-26-21(25,20(15-22,16-23)17-24)27-14-10-6-8-12-19(3)4/h18-19,22-25H,5-17H2,1-4H3. The largest absolute Gasteiger partial charge is 0.395 e. The summed E-state index contributed by atoms with van der Waals surface area (Å²) in [6.07, 6.45) is 9.02. The van der Waals surface area contributed by atoms with E-state index in [9.17, 15) is 20.4 Å². The Labute approximate surface area is 175 Å². The Balaban J connectivity index is 4.58. The molecule has 0 atom stereocenters. The molecule has 0 radical (unpaired) electrons. The fraction of sp³-hybridized carbons (Fsp3) is 1.00. The molecule has 0 saturated heterocycles. The molecule has 0 amide bonds. The molecule has 164 valence electrons. The van der Waals surface area contributed by atoms with E-state index in [1.54, 1.807) is 0 Å². The number of hydrogen-bond acceptors (Lipinski definition) is 6. The number of hydrogen-bond donors (Lipinski definition) is 4. The van der Waals surface area contributed by atoms with Gasteiger partial charge in [0.1, 0.15) is 0 Å². The molecule has 6 heteroatoms. The van der Waals surface area contributed by atoms with Crippen molar-refractivity contribution in [2.24, 2.45) is 17.3 Å². The number of aliphatic hydroxyl groups is 4. The number of thioether (sulfide) groups is 2. The Hall–Kier alpha value is 0.540. The van der Waals surface area contributed by atoms with Crippen molar-refractivity contribution in [1.29, 1.82) is 0 Å². The summed E-state index contributed by atoms with van der Waals surface area (Å²) >= 11 is 2.74. The topological polar surface area (TPSA) is 80.9 Å². The molecule has 0 aromatic carbocycles. The summed E-state index contributed by atoms with van der Waals surface area (Å²) in [6.45, 7) is 7.60. The van der Waals surface area contributed by atoms with Crippen LogP contribution in [-0.4, -0.2) is 56.0 Å². The van der Waals surface area contributed by atoms with Crippen molar-refractivity contribution in [1.82, 2.24) is 0 Å². The number of rotatable bonds is 18. The van der Waals surface area contributed by atoms with Crippen LogP contribution in [-0.2, 0) is 0 Å². The monoisotopic (exact) mass is 424 g/mol. The fourth-order valence-electron chi connectivity index (χ4n) is 2.88. The minimum atomic E-state index is -1.37. The first kappa shape index (κ1) is 27.5. The van der Waals surface area contributed by atoms with E-state index in [4.69, 9.17) is 0 Å². The van der Waals surface area contributed by atoms with Crippen LogP contribution < -0.4 is 0 Å². The first-order valence-corrected chi connectivity index (χ1v) is 12.6. The van der Waals surface area contributed by atoms with Gasteiger partial charge in [0, 0.05) is 0 Å². The lowest BCUT2D eigenvalue weighted by Crippen LogP contribution is -2.52. The van der Waals surface area contributed by atoms with Crippen molar-refractivity contribution in [2.75, 3.05) is 31.3 Å². The van der Waals surface area contributed by atoms with E-state index in [1.165, 1.54) is 49.2 Å². The molecule has 0 heterocycles. The highest BCUT2D eigenvalue weighted by atomic mass is 32.2. The van der Waals surface area contributed by atoms with Gasteiger partial charge in [-0.3, -0.25) is 0 Å². The Bertz CT molecular complexity index is 319. The van der Waals surface area contributed by atoms with E-state index in [2.05, 4.69) is 27.7 Å². The zero-order valence-corrected chi connectivity index (χ0v) is 19.6. The minimum Gasteiger partial charge on any atom is -0.395 e. The average Bonchev–Trinajstić information content (AvgIpc) is 2.62. The maximum Gasteiger partial charge on any atom is 0.169 e. The van der Waals surface area contributed by atoms with Crippen molar-refractivity contribution in [3.8, 4) is 0 Å². The van der Waals surface area contributed by atoms with E-state index in [1.807, 2.05) is 0 Å². The molecular formula is C21H44O4S2. The lowest BCUT2D eigenvalue weighted by atomic mass is 9.92. The lowest BCUT2D eigenvalue weighted by molar-refractivity contribution is -0.0617. The molecule has 0 saturated carbocycles. The van der Waals surface area contributed by atoms with Crippen LogP contribution in [0.4, 0.5) is 0 Å². The lowest BCUT2D eigenvalue weighted by Gasteiger charge is -2.43. The average molecular weight is 425 g/mol. The van der Waals surface area contributed by atoms with Gasteiger partial charge in [0.05, 0.1) is 25.2 Å². The second-order valence-electron chi connectivity index (χ2n) is 8.52. The minimum absolute atomic E-state index is 0.433. The molecule has 0 rings (SSSR count).